The predicted molar refractivity (Wildman–Crippen MR) is 71.1 cm³/mol. The number of carboxylic acid groups (broad SMARTS) is 1. The second-order valence-corrected chi connectivity index (χ2v) is 4.14. The Labute approximate surface area is 116 Å². The number of carboxylic acids is 1. The second kappa shape index (κ2) is 6.01. The molecule has 0 aromatic carbocycles. The summed E-state index contributed by atoms with van der Waals surface area (Å²) < 4.78 is 10.6. The maximum Gasteiger partial charge on any atom is 0.337 e. The summed E-state index contributed by atoms with van der Waals surface area (Å²) in [6.07, 6.45) is 2.72. The van der Waals surface area contributed by atoms with Crippen LogP contribution in [0.15, 0.2) is 30.6 Å². The van der Waals surface area contributed by atoms with E-state index >= 15 is 0 Å². The van der Waals surface area contributed by atoms with Crippen LogP contribution in [0.5, 0.6) is 11.5 Å². The van der Waals surface area contributed by atoms with Gasteiger partial charge < -0.3 is 14.6 Å². The van der Waals surface area contributed by atoms with E-state index in [1.807, 2.05) is 13.0 Å². The Balaban J connectivity index is 2.10. The lowest BCUT2D eigenvalue weighted by Crippen LogP contribution is -2.02. The molecule has 2 heterocycles. The molecule has 104 valence electrons. The molecule has 0 aliphatic heterocycles. The van der Waals surface area contributed by atoms with Gasteiger partial charge in [0.1, 0.15) is 18.1 Å². The Morgan fingerprint density at radius 3 is 2.75 bits per heavy atom. The third-order valence-electron chi connectivity index (χ3n) is 2.56. The van der Waals surface area contributed by atoms with Crippen molar-refractivity contribution < 1.29 is 19.4 Å². The van der Waals surface area contributed by atoms with E-state index in [0.29, 0.717) is 17.2 Å². The van der Waals surface area contributed by atoms with Crippen LogP contribution in [0.25, 0.3) is 0 Å². The van der Waals surface area contributed by atoms with Gasteiger partial charge in [-0.3, -0.25) is 9.97 Å². The molecule has 6 nitrogen and oxygen atoms in total. The van der Waals surface area contributed by atoms with Gasteiger partial charge in [-0.05, 0) is 13.0 Å². The van der Waals surface area contributed by atoms with Crippen molar-refractivity contribution in [3.8, 4) is 11.5 Å². The molecule has 0 saturated carbocycles. The smallest absolute Gasteiger partial charge is 0.337 e. The lowest BCUT2D eigenvalue weighted by molar-refractivity contribution is 0.0696. The molecule has 0 radical (unpaired) electrons. The van der Waals surface area contributed by atoms with E-state index in [0.717, 1.165) is 5.69 Å². The number of ether oxygens (including phenoxy) is 2. The minimum absolute atomic E-state index is 0.0808. The predicted octanol–water partition coefficient (Wildman–Crippen LogP) is 2.07. The average molecular weight is 274 g/mol. The lowest BCUT2D eigenvalue weighted by atomic mass is 10.3. The Morgan fingerprint density at radius 1 is 1.25 bits per heavy atom. The van der Waals surface area contributed by atoms with E-state index in [9.17, 15) is 4.79 Å². The molecule has 2 rings (SSSR count). The Kier molecular flexibility index (Phi) is 4.14. The summed E-state index contributed by atoms with van der Waals surface area (Å²) in [5, 5.41) is 8.87. The van der Waals surface area contributed by atoms with Gasteiger partial charge in [0.25, 0.3) is 0 Å². The van der Waals surface area contributed by atoms with Gasteiger partial charge in [-0.15, -0.1) is 0 Å². The van der Waals surface area contributed by atoms with Gasteiger partial charge in [-0.25, -0.2) is 4.79 Å². The number of aryl methyl sites for hydroxylation is 1. The first-order valence-corrected chi connectivity index (χ1v) is 5.91. The molecule has 2 aromatic heterocycles. The van der Waals surface area contributed by atoms with Crippen LogP contribution in [-0.4, -0.2) is 28.2 Å². The molecular formula is C14H14N2O4. The SMILES string of the molecule is COc1cc(C)nc(COc2cncc(C(=O)O)c2)c1. The molecule has 0 bridgehead atoms. The fourth-order valence-electron chi connectivity index (χ4n) is 1.67. The third kappa shape index (κ3) is 3.44. The summed E-state index contributed by atoms with van der Waals surface area (Å²) >= 11 is 0. The number of nitrogens with zero attached hydrogens (tertiary/aromatic N) is 2. The highest BCUT2D eigenvalue weighted by molar-refractivity contribution is 5.87. The van der Waals surface area contributed by atoms with Crippen molar-refractivity contribution in [1.29, 1.82) is 0 Å². The van der Waals surface area contributed by atoms with Crippen molar-refractivity contribution in [2.75, 3.05) is 7.11 Å². The molecule has 0 atom stereocenters. The summed E-state index contributed by atoms with van der Waals surface area (Å²) in [5.41, 5.74) is 1.60. The maximum absolute atomic E-state index is 10.8. The number of carbonyl (C=O) groups is 1. The van der Waals surface area contributed by atoms with Crippen molar-refractivity contribution in [3.63, 3.8) is 0 Å². The monoisotopic (exact) mass is 274 g/mol. The van der Waals surface area contributed by atoms with Gasteiger partial charge in [-0.1, -0.05) is 0 Å². The summed E-state index contributed by atoms with van der Waals surface area (Å²) in [7, 11) is 1.58. The molecule has 1 N–H and O–H groups in total. The van der Waals surface area contributed by atoms with E-state index in [-0.39, 0.29) is 12.2 Å². The van der Waals surface area contributed by atoms with Crippen molar-refractivity contribution >= 4 is 5.97 Å². The quantitative estimate of drug-likeness (QED) is 0.898. The topological polar surface area (TPSA) is 81.5 Å². The molecule has 20 heavy (non-hydrogen) atoms. The highest BCUT2D eigenvalue weighted by Gasteiger charge is 2.06. The third-order valence-corrected chi connectivity index (χ3v) is 2.56. The largest absolute Gasteiger partial charge is 0.497 e. The van der Waals surface area contributed by atoms with Gasteiger partial charge >= 0.3 is 5.97 Å². The zero-order valence-corrected chi connectivity index (χ0v) is 11.2. The fraction of sp³-hybridized carbons (Fsp3) is 0.214. The maximum atomic E-state index is 10.8. The lowest BCUT2D eigenvalue weighted by Gasteiger charge is -2.08. The summed E-state index contributed by atoms with van der Waals surface area (Å²) in [6, 6.07) is 5.00. The molecule has 0 aliphatic carbocycles. The number of rotatable bonds is 5. The minimum Gasteiger partial charge on any atom is -0.497 e. The van der Waals surface area contributed by atoms with Crippen LogP contribution in [0.1, 0.15) is 21.7 Å². The zero-order valence-electron chi connectivity index (χ0n) is 11.2. The first-order chi connectivity index (χ1) is 9.58. The Morgan fingerprint density at radius 2 is 2.05 bits per heavy atom. The fourth-order valence-corrected chi connectivity index (χ4v) is 1.67. The van der Waals surface area contributed by atoms with Crippen LogP contribution in [0.2, 0.25) is 0 Å². The number of hydrogen-bond donors (Lipinski definition) is 1. The minimum atomic E-state index is -1.04. The van der Waals surface area contributed by atoms with Gasteiger partial charge in [0, 0.05) is 24.0 Å². The van der Waals surface area contributed by atoms with Gasteiger partial charge in [0.15, 0.2) is 0 Å². The van der Waals surface area contributed by atoms with Crippen molar-refractivity contribution in [2.45, 2.75) is 13.5 Å². The van der Waals surface area contributed by atoms with Gasteiger partial charge in [0.05, 0.1) is 24.6 Å². The molecule has 0 aliphatic rings. The summed E-state index contributed by atoms with van der Waals surface area (Å²) in [5.74, 6) is 0.0407. The second-order valence-electron chi connectivity index (χ2n) is 4.14. The Hall–Kier alpha value is -2.63. The number of aromatic nitrogens is 2. The number of aromatic carboxylic acids is 1. The van der Waals surface area contributed by atoms with Crippen molar-refractivity contribution in [2.24, 2.45) is 0 Å². The molecule has 0 spiro atoms. The molecule has 0 unspecified atom stereocenters. The van der Waals surface area contributed by atoms with E-state index in [2.05, 4.69) is 9.97 Å². The first-order valence-electron chi connectivity index (χ1n) is 5.91. The number of pyridine rings is 2. The number of methoxy groups -OCH3 is 1. The Bertz CT molecular complexity index is 628. The van der Waals surface area contributed by atoms with Crippen LogP contribution < -0.4 is 9.47 Å². The highest BCUT2D eigenvalue weighted by Crippen LogP contribution is 2.16. The molecule has 0 amide bonds. The van der Waals surface area contributed by atoms with E-state index < -0.39 is 5.97 Å². The van der Waals surface area contributed by atoms with Crippen molar-refractivity contribution in [1.82, 2.24) is 9.97 Å². The zero-order chi connectivity index (χ0) is 14.5. The summed E-state index contributed by atoms with van der Waals surface area (Å²) in [4.78, 5) is 19.0. The first kappa shape index (κ1) is 13.8. The molecule has 0 saturated heterocycles. The molecule has 2 aromatic rings. The van der Waals surface area contributed by atoms with Crippen LogP contribution in [-0.2, 0) is 6.61 Å². The van der Waals surface area contributed by atoms with Gasteiger partial charge in [-0.2, -0.15) is 0 Å². The highest BCUT2D eigenvalue weighted by atomic mass is 16.5. The van der Waals surface area contributed by atoms with E-state index in [4.69, 9.17) is 14.6 Å². The normalized spacial score (nSPS) is 10.1. The van der Waals surface area contributed by atoms with Crippen LogP contribution in [0.3, 0.4) is 0 Å². The number of hydrogen-bond acceptors (Lipinski definition) is 5. The van der Waals surface area contributed by atoms with E-state index in [1.165, 1.54) is 18.5 Å². The van der Waals surface area contributed by atoms with Gasteiger partial charge in [0.2, 0.25) is 0 Å². The van der Waals surface area contributed by atoms with E-state index in [1.54, 1.807) is 13.2 Å². The average Bonchev–Trinajstić information content (AvgIpc) is 2.44. The van der Waals surface area contributed by atoms with Crippen LogP contribution >= 0.6 is 0 Å². The molecule has 0 fully saturated rings. The standard InChI is InChI=1S/C14H14N2O4/c1-9-3-12(19-2)5-11(16-9)8-20-13-4-10(14(17)18)6-15-7-13/h3-7H,8H2,1-2H3,(H,17,18). The summed E-state index contributed by atoms with van der Waals surface area (Å²) in [6.45, 7) is 2.07. The van der Waals surface area contributed by atoms with Crippen LogP contribution in [0, 0.1) is 6.92 Å². The molecular weight excluding hydrogens is 260 g/mol. The van der Waals surface area contributed by atoms with Crippen LogP contribution in [0.4, 0.5) is 0 Å². The molecule has 6 heteroatoms. The van der Waals surface area contributed by atoms with Crippen molar-refractivity contribution in [3.05, 3.63) is 47.5 Å².